The van der Waals surface area contributed by atoms with Gasteiger partial charge in [-0.15, -0.1) is 0 Å². The molecule has 0 aliphatic heterocycles. The number of methoxy groups -OCH3 is 1. The molecule has 0 spiro atoms. The first-order chi connectivity index (χ1) is 9.10. The summed E-state index contributed by atoms with van der Waals surface area (Å²) >= 11 is 0. The van der Waals surface area contributed by atoms with Gasteiger partial charge in [-0.1, -0.05) is 24.3 Å². The van der Waals surface area contributed by atoms with Gasteiger partial charge in [0.15, 0.2) is 0 Å². The fraction of sp³-hybridized carbons (Fsp3) is 0.286. The van der Waals surface area contributed by atoms with E-state index in [0.717, 1.165) is 16.7 Å². The van der Waals surface area contributed by atoms with Crippen molar-refractivity contribution in [1.29, 1.82) is 0 Å². The number of aryl methyl sites for hydroxylation is 1. The lowest BCUT2D eigenvalue weighted by Crippen LogP contribution is -2.33. The van der Waals surface area contributed by atoms with Crippen LogP contribution in [0.2, 0.25) is 0 Å². The second-order valence-corrected chi connectivity index (χ2v) is 4.43. The molecule has 0 bridgehead atoms. The molecule has 0 saturated heterocycles. The molecule has 19 heavy (non-hydrogen) atoms. The van der Waals surface area contributed by atoms with E-state index in [1.807, 2.05) is 43.7 Å². The molecule has 1 aromatic carbocycles. The second kappa shape index (κ2) is 5.67. The number of carbonyl (C=O) groups excluding carboxylic acids is 1. The van der Waals surface area contributed by atoms with Crippen LogP contribution in [0.3, 0.4) is 0 Å². The molecule has 0 radical (unpaired) electrons. The molecular formula is C14H17N3O2. The summed E-state index contributed by atoms with van der Waals surface area (Å²) in [5.41, 5.74) is 8.88. The largest absolute Gasteiger partial charge is 0.468 e. The fourth-order valence-electron chi connectivity index (χ4n) is 1.89. The normalized spacial score (nSPS) is 12.2. The molecule has 5 heteroatoms. The van der Waals surface area contributed by atoms with Gasteiger partial charge in [-0.25, -0.2) is 0 Å². The van der Waals surface area contributed by atoms with Gasteiger partial charge in [0.2, 0.25) is 0 Å². The summed E-state index contributed by atoms with van der Waals surface area (Å²) in [5, 5.41) is 4.13. The van der Waals surface area contributed by atoms with E-state index in [9.17, 15) is 4.79 Å². The molecule has 1 heterocycles. The van der Waals surface area contributed by atoms with Gasteiger partial charge < -0.3 is 10.5 Å². The van der Waals surface area contributed by atoms with Crippen LogP contribution in [-0.4, -0.2) is 28.9 Å². The Morgan fingerprint density at radius 1 is 1.37 bits per heavy atom. The molecule has 2 N–H and O–H groups in total. The molecule has 0 aliphatic carbocycles. The Labute approximate surface area is 112 Å². The van der Waals surface area contributed by atoms with Crippen molar-refractivity contribution in [3.05, 3.63) is 42.2 Å². The van der Waals surface area contributed by atoms with E-state index in [2.05, 4.69) is 9.84 Å². The Morgan fingerprint density at radius 2 is 2.05 bits per heavy atom. The van der Waals surface area contributed by atoms with Crippen molar-refractivity contribution in [3.63, 3.8) is 0 Å². The minimum atomic E-state index is -0.616. The number of carbonyl (C=O) groups is 1. The summed E-state index contributed by atoms with van der Waals surface area (Å²) < 4.78 is 6.37. The third kappa shape index (κ3) is 3.20. The summed E-state index contributed by atoms with van der Waals surface area (Å²) in [6.45, 7) is 0. The summed E-state index contributed by atoms with van der Waals surface area (Å²) in [5.74, 6) is -0.392. The molecule has 2 aromatic rings. The second-order valence-electron chi connectivity index (χ2n) is 4.43. The number of nitrogens with zero attached hydrogens (tertiary/aromatic N) is 2. The van der Waals surface area contributed by atoms with E-state index in [0.29, 0.717) is 6.42 Å². The zero-order valence-corrected chi connectivity index (χ0v) is 11.0. The van der Waals surface area contributed by atoms with Crippen LogP contribution in [0.1, 0.15) is 5.56 Å². The Balaban J connectivity index is 2.08. The molecule has 2 rings (SSSR count). The topological polar surface area (TPSA) is 70.1 Å². The molecule has 0 amide bonds. The van der Waals surface area contributed by atoms with Gasteiger partial charge in [0, 0.05) is 18.8 Å². The molecule has 0 unspecified atom stereocenters. The summed E-state index contributed by atoms with van der Waals surface area (Å²) in [6.07, 6.45) is 4.24. The number of ether oxygens (including phenoxy) is 1. The van der Waals surface area contributed by atoms with Crippen molar-refractivity contribution in [1.82, 2.24) is 9.78 Å². The summed E-state index contributed by atoms with van der Waals surface area (Å²) in [7, 11) is 3.22. The van der Waals surface area contributed by atoms with Crippen molar-refractivity contribution in [3.8, 4) is 11.1 Å². The van der Waals surface area contributed by atoms with Crippen molar-refractivity contribution < 1.29 is 9.53 Å². The lowest BCUT2D eigenvalue weighted by atomic mass is 10.0. The molecule has 100 valence electrons. The van der Waals surface area contributed by atoms with Gasteiger partial charge in [-0.2, -0.15) is 5.10 Å². The van der Waals surface area contributed by atoms with Gasteiger partial charge in [-0.3, -0.25) is 9.48 Å². The minimum absolute atomic E-state index is 0.392. The zero-order chi connectivity index (χ0) is 13.8. The van der Waals surface area contributed by atoms with E-state index >= 15 is 0 Å². The fourth-order valence-corrected chi connectivity index (χ4v) is 1.89. The van der Waals surface area contributed by atoms with Crippen LogP contribution in [0.4, 0.5) is 0 Å². The standard InChI is InChI=1S/C14H17N3O2/c1-17-9-12(8-16-17)11-5-3-10(4-6-11)7-13(15)14(18)19-2/h3-6,8-9,13H,7,15H2,1-2H3/t13-/m0/s1. The van der Waals surface area contributed by atoms with Crippen molar-refractivity contribution in [2.45, 2.75) is 12.5 Å². The van der Waals surface area contributed by atoms with E-state index in [4.69, 9.17) is 5.73 Å². The number of rotatable bonds is 4. The smallest absolute Gasteiger partial charge is 0.322 e. The van der Waals surface area contributed by atoms with E-state index in [-0.39, 0.29) is 0 Å². The first-order valence-corrected chi connectivity index (χ1v) is 6.01. The average Bonchev–Trinajstić information content (AvgIpc) is 2.85. The van der Waals surface area contributed by atoms with Gasteiger partial charge >= 0.3 is 5.97 Å². The van der Waals surface area contributed by atoms with Crippen LogP contribution in [-0.2, 0) is 23.0 Å². The van der Waals surface area contributed by atoms with E-state index < -0.39 is 12.0 Å². The third-order valence-electron chi connectivity index (χ3n) is 2.95. The van der Waals surface area contributed by atoms with Gasteiger partial charge in [0.05, 0.1) is 13.3 Å². The highest BCUT2D eigenvalue weighted by atomic mass is 16.5. The highest BCUT2D eigenvalue weighted by Gasteiger charge is 2.14. The molecule has 0 fully saturated rings. The minimum Gasteiger partial charge on any atom is -0.468 e. The predicted octanol–water partition coefficient (Wildman–Crippen LogP) is 1.13. The number of hydrogen-bond donors (Lipinski definition) is 1. The predicted molar refractivity (Wildman–Crippen MR) is 72.3 cm³/mol. The van der Waals surface area contributed by atoms with Crippen LogP contribution in [0.15, 0.2) is 36.7 Å². The van der Waals surface area contributed by atoms with Crippen molar-refractivity contribution in [2.75, 3.05) is 7.11 Å². The highest BCUT2D eigenvalue weighted by Crippen LogP contribution is 2.19. The molecule has 1 aromatic heterocycles. The molecule has 1 atom stereocenters. The quantitative estimate of drug-likeness (QED) is 0.836. The Morgan fingerprint density at radius 3 is 2.58 bits per heavy atom. The molecule has 5 nitrogen and oxygen atoms in total. The van der Waals surface area contributed by atoms with Gasteiger partial charge in [-0.05, 0) is 17.5 Å². The summed E-state index contributed by atoms with van der Waals surface area (Å²) in [4.78, 5) is 11.2. The first-order valence-electron chi connectivity index (χ1n) is 6.01. The Bertz CT molecular complexity index is 560. The number of benzene rings is 1. The zero-order valence-electron chi connectivity index (χ0n) is 11.0. The van der Waals surface area contributed by atoms with Gasteiger partial charge in [0.25, 0.3) is 0 Å². The lowest BCUT2D eigenvalue weighted by Gasteiger charge is -2.09. The highest BCUT2D eigenvalue weighted by molar-refractivity contribution is 5.75. The van der Waals surface area contributed by atoms with E-state index in [1.165, 1.54) is 7.11 Å². The monoisotopic (exact) mass is 259 g/mol. The third-order valence-corrected chi connectivity index (χ3v) is 2.95. The molecular weight excluding hydrogens is 242 g/mol. The molecule has 0 saturated carbocycles. The van der Waals surface area contributed by atoms with Crippen LogP contribution in [0.5, 0.6) is 0 Å². The summed E-state index contributed by atoms with van der Waals surface area (Å²) in [6, 6.07) is 7.30. The SMILES string of the molecule is COC(=O)[C@@H](N)Cc1ccc(-c2cnn(C)c2)cc1. The van der Waals surface area contributed by atoms with Crippen LogP contribution >= 0.6 is 0 Å². The Hall–Kier alpha value is -2.14. The average molecular weight is 259 g/mol. The lowest BCUT2D eigenvalue weighted by molar-refractivity contribution is -0.142. The molecule has 0 aliphatic rings. The van der Waals surface area contributed by atoms with E-state index in [1.54, 1.807) is 4.68 Å². The maximum atomic E-state index is 11.2. The maximum absolute atomic E-state index is 11.2. The number of hydrogen-bond acceptors (Lipinski definition) is 4. The van der Waals surface area contributed by atoms with Crippen molar-refractivity contribution in [2.24, 2.45) is 12.8 Å². The number of nitrogens with two attached hydrogens (primary N) is 1. The Kier molecular flexibility index (Phi) is 3.97. The van der Waals surface area contributed by atoms with Crippen LogP contribution in [0.25, 0.3) is 11.1 Å². The first kappa shape index (κ1) is 13.3. The number of aromatic nitrogens is 2. The maximum Gasteiger partial charge on any atom is 0.322 e. The van der Waals surface area contributed by atoms with Crippen molar-refractivity contribution >= 4 is 5.97 Å². The van der Waals surface area contributed by atoms with Gasteiger partial charge in [0.1, 0.15) is 6.04 Å². The number of esters is 1. The van der Waals surface area contributed by atoms with Crippen LogP contribution < -0.4 is 5.73 Å². The van der Waals surface area contributed by atoms with Crippen LogP contribution in [0, 0.1) is 0 Å².